The van der Waals surface area contributed by atoms with Gasteiger partial charge in [0.1, 0.15) is 0 Å². The Balaban J connectivity index is 3.50. The van der Waals surface area contributed by atoms with Gasteiger partial charge in [-0.25, -0.2) is 0 Å². The van der Waals surface area contributed by atoms with Crippen molar-refractivity contribution >= 4 is 11.8 Å². The number of hydrogen-bond acceptors (Lipinski definition) is 3. The number of nitrogens with two attached hydrogens (primary N) is 1. The molecule has 0 heterocycles. The molecule has 0 saturated heterocycles. The normalized spacial score (nSPS) is 13.1. The van der Waals surface area contributed by atoms with E-state index in [-0.39, 0.29) is 6.04 Å². The van der Waals surface area contributed by atoms with Gasteiger partial charge in [-0.3, -0.25) is 11.3 Å². The van der Waals surface area contributed by atoms with Gasteiger partial charge in [0, 0.05) is 6.04 Å². The summed E-state index contributed by atoms with van der Waals surface area (Å²) < 4.78 is 0. The molecule has 0 aliphatic carbocycles. The molecule has 0 bridgehead atoms. The maximum absolute atomic E-state index is 5.29. The Kier molecular flexibility index (Phi) is 5.78. The van der Waals surface area contributed by atoms with Crippen LogP contribution in [0.25, 0.3) is 0 Å². The van der Waals surface area contributed by atoms with Crippen LogP contribution >= 0.6 is 11.8 Å². The minimum atomic E-state index is 0.285. The molecule has 1 atom stereocenters. The smallest absolute Gasteiger partial charge is 0.0422 e. The average Bonchev–Trinajstić information content (AvgIpc) is 1.89. The molecular formula is C7H16N2S. The van der Waals surface area contributed by atoms with Crippen molar-refractivity contribution in [3.63, 3.8) is 0 Å². The molecule has 2 nitrogen and oxygen atoms in total. The maximum atomic E-state index is 5.29. The highest BCUT2D eigenvalue weighted by Gasteiger charge is 2.04. The van der Waals surface area contributed by atoms with E-state index in [1.54, 1.807) is 0 Å². The predicted octanol–water partition coefficient (Wildman–Crippen LogP) is 1.15. The van der Waals surface area contributed by atoms with Crippen LogP contribution in [0.5, 0.6) is 0 Å². The van der Waals surface area contributed by atoms with E-state index in [2.05, 4.69) is 18.3 Å². The molecule has 0 saturated carbocycles. The van der Waals surface area contributed by atoms with E-state index in [1.807, 2.05) is 18.7 Å². The first-order chi connectivity index (χ1) is 4.72. The Bertz CT molecular complexity index is 104. The van der Waals surface area contributed by atoms with Crippen LogP contribution in [0.3, 0.4) is 0 Å². The Morgan fingerprint density at radius 1 is 1.80 bits per heavy atom. The topological polar surface area (TPSA) is 38.0 Å². The number of thioether (sulfide) groups is 1. The van der Waals surface area contributed by atoms with E-state index in [0.29, 0.717) is 0 Å². The van der Waals surface area contributed by atoms with E-state index < -0.39 is 0 Å². The van der Waals surface area contributed by atoms with Crippen molar-refractivity contribution in [3.05, 3.63) is 12.2 Å². The standard InChI is InChI=1S/C7H16N2S/c1-6(2)7(9-8)4-5-10-3/h7,9H,1,4-5,8H2,2-3H3. The molecular weight excluding hydrogens is 144 g/mol. The van der Waals surface area contributed by atoms with E-state index in [9.17, 15) is 0 Å². The third-order valence-electron chi connectivity index (χ3n) is 1.41. The van der Waals surface area contributed by atoms with Gasteiger partial charge < -0.3 is 0 Å². The zero-order chi connectivity index (χ0) is 7.98. The van der Waals surface area contributed by atoms with E-state index in [1.165, 1.54) is 0 Å². The van der Waals surface area contributed by atoms with E-state index in [0.717, 1.165) is 17.7 Å². The number of hydrogen-bond donors (Lipinski definition) is 2. The van der Waals surface area contributed by atoms with Gasteiger partial charge in [-0.05, 0) is 25.4 Å². The zero-order valence-corrected chi connectivity index (χ0v) is 7.50. The highest BCUT2D eigenvalue weighted by molar-refractivity contribution is 7.98. The molecule has 0 spiro atoms. The van der Waals surface area contributed by atoms with Gasteiger partial charge >= 0.3 is 0 Å². The van der Waals surface area contributed by atoms with Crippen molar-refractivity contribution < 1.29 is 0 Å². The second kappa shape index (κ2) is 5.77. The van der Waals surface area contributed by atoms with Crippen LogP contribution in [-0.2, 0) is 0 Å². The van der Waals surface area contributed by atoms with Crippen LogP contribution in [0.1, 0.15) is 13.3 Å². The third-order valence-corrected chi connectivity index (χ3v) is 2.05. The maximum Gasteiger partial charge on any atom is 0.0422 e. The molecule has 0 radical (unpaired) electrons. The Labute approximate surface area is 67.2 Å². The van der Waals surface area contributed by atoms with Crippen LogP contribution in [0.4, 0.5) is 0 Å². The van der Waals surface area contributed by atoms with Gasteiger partial charge in [0.2, 0.25) is 0 Å². The first-order valence-corrected chi connectivity index (χ1v) is 4.72. The molecule has 0 aromatic carbocycles. The lowest BCUT2D eigenvalue weighted by molar-refractivity contribution is 0.582. The van der Waals surface area contributed by atoms with Crippen LogP contribution < -0.4 is 11.3 Å². The van der Waals surface area contributed by atoms with E-state index in [4.69, 9.17) is 5.84 Å². The molecule has 3 heteroatoms. The van der Waals surface area contributed by atoms with Crippen molar-refractivity contribution in [2.75, 3.05) is 12.0 Å². The Hall–Kier alpha value is 0.01000. The van der Waals surface area contributed by atoms with Crippen LogP contribution in [0.15, 0.2) is 12.2 Å². The quantitative estimate of drug-likeness (QED) is 0.360. The third kappa shape index (κ3) is 3.93. The summed E-state index contributed by atoms with van der Waals surface area (Å²) in [6.07, 6.45) is 3.15. The zero-order valence-electron chi connectivity index (χ0n) is 6.68. The second-order valence-corrected chi connectivity index (χ2v) is 3.33. The molecule has 0 fully saturated rings. The van der Waals surface area contributed by atoms with Crippen molar-refractivity contribution in [2.45, 2.75) is 19.4 Å². The molecule has 10 heavy (non-hydrogen) atoms. The molecule has 0 aromatic heterocycles. The van der Waals surface area contributed by atoms with Crippen molar-refractivity contribution in [1.29, 1.82) is 0 Å². The molecule has 0 aliphatic heterocycles. The van der Waals surface area contributed by atoms with Crippen LogP contribution in [0.2, 0.25) is 0 Å². The number of hydrazine groups is 1. The van der Waals surface area contributed by atoms with E-state index >= 15 is 0 Å². The molecule has 3 N–H and O–H groups in total. The predicted molar refractivity (Wildman–Crippen MR) is 48.9 cm³/mol. The van der Waals surface area contributed by atoms with Gasteiger partial charge in [0.25, 0.3) is 0 Å². The number of nitrogens with one attached hydrogen (secondary N) is 1. The molecule has 0 amide bonds. The summed E-state index contributed by atoms with van der Waals surface area (Å²) in [6.45, 7) is 5.82. The summed E-state index contributed by atoms with van der Waals surface area (Å²) in [5.74, 6) is 6.42. The van der Waals surface area contributed by atoms with Crippen molar-refractivity contribution in [1.82, 2.24) is 5.43 Å². The summed E-state index contributed by atoms with van der Waals surface area (Å²) in [4.78, 5) is 0. The van der Waals surface area contributed by atoms with Crippen LogP contribution in [0, 0.1) is 0 Å². The van der Waals surface area contributed by atoms with Gasteiger partial charge in [0.05, 0.1) is 0 Å². The van der Waals surface area contributed by atoms with Crippen molar-refractivity contribution in [3.8, 4) is 0 Å². The fourth-order valence-electron chi connectivity index (χ4n) is 0.708. The highest BCUT2D eigenvalue weighted by atomic mass is 32.2. The fraction of sp³-hybridized carbons (Fsp3) is 0.714. The highest BCUT2D eigenvalue weighted by Crippen LogP contribution is 2.05. The van der Waals surface area contributed by atoms with Gasteiger partial charge in [-0.1, -0.05) is 12.2 Å². The number of rotatable bonds is 5. The fourth-order valence-corrected chi connectivity index (χ4v) is 1.18. The summed E-state index contributed by atoms with van der Waals surface area (Å²) in [5.41, 5.74) is 3.83. The first kappa shape index (κ1) is 10.0. The van der Waals surface area contributed by atoms with Crippen molar-refractivity contribution in [2.24, 2.45) is 5.84 Å². The molecule has 1 unspecified atom stereocenters. The minimum absolute atomic E-state index is 0.285. The SMILES string of the molecule is C=C(C)C(CCSC)NN. The minimum Gasteiger partial charge on any atom is -0.271 e. The molecule has 60 valence electrons. The van der Waals surface area contributed by atoms with Crippen LogP contribution in [-0.4, -0.2) is 18.1 Å². The lowest BCUT2D eigenvalue weighted by atomic mass is 10.1. The Morgan fingerprint density at radius 2 is 2.40 bits per heavy atom. The average molecular weight is 160 g/mol. The second-order valence-electron chi connectivity index (χ2n) is 2.35. The van der Waals surface area contributed by atoms with Gasteiger partial charge in [0.15, 0.2) is 0 Å². The summed E-state index contributed by atoms with van der Waals surface area (Å²) >= 11 is 1.83. The lowest BCUT2D eigenvalue weighted by Gasteiger charge is -2.14. The molecule has 0 aliphatic rings. The Morgan fingerprint density at radius 3 is 2.70 bits per heavy atom. The summed E-state index contributed by atoms with van der Waals surface area (Å²) in [6, 6.07) is 0.285. The summed E-state index contributed by atoms with van der Waals surface area (Å²) in [5, 5.41) is 0. The molecule has 0 rings (SSSR count). The largest absolute Gasteiger partial charge is 0.271 e. The first-order valence-electron chi connectivity index (χ1n) is 3.32. The van der Waals surface area contributed by atoms with Gasteiger partial charge in [-0.15, -0.1) is 0 Å². The summed E-state index contributed by atoms with van der Waals surface area (Å²) in [7, 11) is 0. The van der Waals surface area contributed by atoms with Gasteiger partial charge in [-0.2, -0.15) is 11.8 Å². The molecule has 0 aromatic rings. The lowest BCUT2D eigenvalue weighted by Crippen LogP contribution is -2.36. The monoisotopic (exact) mass is 160 g/mol.